The fourth-order valence-corrected chi connectivity index (χ4v) is 15.0. The average molecular weight is 1380 g/mol. The highest BCUT2D eigenvalue weighted by molar-refractivity contribution is 5.98. The molecule has 4 aromatic heterocycles. The van der Waals surface area contributed by atoms with Crippen LogP contribution in [0.1, 0.15) is 82.6 Å². The van der Waals surface area contributed by atoms with Crippen LogP contribution in [0.3, 0.4) is 0 Å². The molecule has 0 amide bonds. The monoisotopic (exact) mass is 1380 g/mol. The van der Waals surface area contributed by atoms with Gasteiger partial charge in [0.15, 0.2) is 23.3 Å². The van der Waals surface area contributed by atoms with Crippen molar-refractivity contribution in [3.63, 3.8) is 0 Å². The average Bonchev–Trinajstić information content (AvgIpc) is 0.767. The molecule has 0 spiro atoms. The van der Waals surface area contributed by atoms with E-state index in [-0.39, 0.29) is 18.0 Å². The Balaban J connectivity index is 0.000000129. The fraction of sp³-hybridized carbons (Fsp3) is 0.160. The molecule has 16 aromatic rings. The third-order valence-electron chi connectivity index (χ3n) is 20.8. The van der Waals surface area contributed by atoms with E-state index in [1.54, 1.807) is 6.07 Å². The van der Waals surface area contributed by atoms with Crippen molar-refractivity contribution in [2.75, 3.05) is 0 Å². The van der Waals surface area contributed by atoms with Gasteiger partial charge in [-0.2, -0.15) is 13.7 Å². The van der Waals surface area contributed by atoms with Crippen molar-refractivity contribution in [3.8, 4) is 89.5 Å². The first kappa shape index (κ1) is 65.2. The van der Waals surface area contributed by atoms with Gasteiger partial charge in [0.2, 0.25) is 22.8 Å². The zero-order valence-corrected chi connectivity index (χ0v) is 63.1. The molecule has 0 saturated heterocycles. The summed E-state index contributed by atoms with van der Waals surface area (Å²) in [5.74, 6) is 0.170. The second-order valence-corrected chi connectivity index (χ2v) is 28.1. The van der Waals surface area contributed by atoms with Crippen molar-refractivity contribution in [1.82, 2.24) is 0 Å². The second kappa shape index (κ2) is 31.0. The van der Waals surface area contributed by atoms with Gasteiger partial charge in [-0.15, -0.1) is 0 Å². The maximum Gasteiger partial charge on any atom is 0.220 e. The Hall–Kier alpha value is -11.8. The Bertz CT molecular complexity index is 6210. The summed E-state index contributed by atoms with van der Waals surface area (Å²) >= 11 is 0. The lowest BCUT2D eigenvalue weighted by Gasteiger charge is -2.17. The number of aryl methyl sites for hydroxylation is 5. The summed E-state index contributed by atoms with van der Waals surface area (Å²) in [5, 5.41) is 8.01. The van der Waals surface area contributed by atoms with E-state index in [1.165, 1.54) is 89.3 Å². The molecule has 16 rings (SSSR count). The summed E-state index contributed by atoms with van der Waals surface area (Å²) in [7, 11) is 7.99. The van der Waals surface area contributed by atoms with E-state index in [9.17, 15) is 4.39 Å². The topological polar surface area (TPSA) is 15.5 Å². The summed E-state index contributed by atoms with van der Waals surface area (Å²) in [5.41, 5.74) is 29.1. The van der Waals surface area contributed by atoms with Gasteiger partial charge in [0, 0.05) is 61.6 Å². The number of halogens is 1. The van der Waals surface area contributed by atoms with E-state index in [0.717, 1.165) is 93.8 Å². The highest BCUT2D eigenvalue weighted by atomic mass is 19.1. The first-order valence-corrected chi connectivity index (χ1v) is 36.3. The Kier molecular flexibility index (Phi) is 19.3. The molecule has 0 radical (unpaired) electrons. The van der Waals surface area contributed by atoms with Gasteiger partial charge in [0.25, 0.3) is 0 Å². The molecule has 4 heterocycles. The van der Waals surface area contributed by atoms with Crippen molar-refractivity contribution in [1.29, 1.82) is 0 Å². The third kappa shape index (κ3) is 14.8. The Morgan fingerprint density at radius 1 is 0.305 bits per heavy atom. The molecular formula is C100H95FN4+4. The van der Waals surface area contributed by atoms with Crippen LogP contribution in [0.5, 0.6) is 0 Å². The van der Waals surface area contributed by atoms with Crippen LogP contribution in [0.15, 0.2) is 297 Å². The zero-order chi connectivity index (χ0) is 78.1. The van der Waals surface area contributed by atoms with Crippen LogP contribution in [0.2, 0.25) is 0 Å². The van der Waals surface area contributed by atoms with Crippen molar-refractivity contribution >= 4 is 43.1 Å². The van der Waals surface area contributed by atoms with E-state index in [4.69, 9.17) is 6.85 Å². The number of rotatable bonds is 9. The lowest BCUT2D eigenvalue weighted by molar-refractivity contribution is -0.665. The van der Waals surface area contributed by atoms with E-state index in [2.05, 4.69) is 217 Å². The SMILES string of the molecule is [2H]c1c(C)[n+](C)c(-c2cc(-c3ccccc3)c(F)cc2C)c2ccccc12.[2H]c1c(C)[n+](C)c(-c2ccc(-c3c(C)cccc3C)cc2C)c2ccccc12.[2H]c1c(C)[n+](C)c(-c2ccc(-c3ccccc3)cc2C)c2ccccc12.[2H]c1c([2H])[n+](C)c(-c2cc(-c3ccccc3)cc(C(C)C)c2C)c2ccccc12. The van der Waals surface area contributed by atoms with Crippen LogP contribution in [-0.4, -0.2) is 0 Å². The Morgan fingerprint density at radius 2 is 0.695 bits per heavy atom. The predicted molar refractivity (Wildman–Crippen MR) is 441 cm³/mol. The highest BCUT2D eigenvalue weighted by Crippen LogP contribution is 2.40. The van der Waals surface area contributed by atoms with Crippen molar-refractivity contribution in [2.45, 2.75) is 82.1 Å². The lowest BCUT2D eigenvalue weighted by Crippen LogP contribution is -2.35. The zero-order valence-electron chi connectivity index (χ0n) is 68.1. The Morgan fingerprint density at radius 3 is 1.16 bits per heavy atom. The molecule has 0 unspecified atom stereocenters. The predicted octanol–water partition coefficient (Wildman–Crippen LogP) is 24.0. The molecular weight excluding hydrogens is 1280 g/mol. The van der Waals surface area contributed by atoms with Crippen LogP contribution >= 0.6 is 0 Å². The number of hydrogen-bond donors (Lipinski definition) is 0. The van der Waals surface area contributed by atoms with Gasteiger partial charge in [-0.3, -0.25) is 0 Å². The number of pyridine rings is 4. The molecule has 0 fully saturated rings. The molecule has 518 valence electrons. The van der Waals surface area contributed by atoms with Gasteiger partial charge in [0.05, 0.1) is 38.2 Å². The molecule has 0 aliphatic heterocycles. The van der Waals surface area contributed by atoms with Gasteiger partial charge < -0.3 is 0 Å². The molecule has 0 aliphatic rings. The molecule has 4 nitrogen and oxygen atoms in total. The normalized spacial score (nSPS) is 11.8. The van der Waals surface area contributed by atoms with Crippen LogP contribution < -0.4 is 18.3 Å². The summed E-state index contributed by atoms with van der Waals surface area (Å²) in [6, 6.07) is 92.9. The van der Waals surface area contributed by atoms with Crippen LogP contribution in [-0.2, 0) is 28.2 Å². The minimum Gasteiger partial charge on any atom is -0.206 e. The number of benzene rings is 12. The quantitative estimate of drug-likeness (QED) is 0.128. The first-order valence-electron chi connectivity index (χ1n) is 38.8. The number of aromatic nitrogens is 4. The Labute approximate surface area is 628 Å². The van der Waals surface area contributed by atoms with E-state index < -0.39 is 0 Å². The number of hydrogen-bond acceptors (Lipinski definition) is 0. The van der Waals surface area contributed by atoms with Gasteiger partial charge in [0.1, 0.15) is 35.4 Å². The minimum atomic E-state index is -0.219. The molecule has 12 aromatic carbocycles. The molecule has 105 heavy (non-hydrogen) atoms. The molecule has 0 atom stereocenters. The first-order chi connectivity index (χ1) is 52.9. The summed E-state index contributed by atoms with van der Waals surface area (Å²) < 4.78 is 65.3. The second-order valence-electron chi connectivity index (χ2n) is 28.1. The maximum absolute atomic E-state index is 14.8. The van der Waals surface area contributed by atoms with Crippen molar-refractivity contribution in [2.24, 2.45) is 28.2 Å². The standard InChI is InChI=1S/2C26H26N.C24H21FN.C24H22N/c1-17-9-8-10-18(2)25(17)22-13-14-23(19(3)15-22)26-24-12-7-6-11-21(24)16-20(4)27(26)5;1-18(2)24-16-22(20-10-6-5-7-11-20)17-25(19(24)3)26-23-13-9-8-12-21(23)14-15-27(26)4;1-16-13-23(25)22(18-9-5-4-6-10-18)15-21(16)24-20-12-8-7-11-19(20)14-17(2)26(24)3;1-17-15-20(19-9-5-4-6-10-19)13-14-22(17)24-23-12-8-7-11-21(23)16-18(2)25(24)3/h6-16H,1-5H3;5-18H,1-4H3;4-15H,1-3H3;4-16H,1-3H3/q4*+1/i16D;14D,15D;14D;16D. The largest absolute Gasteiger partial charge is 0.220 e. The smallest absolute Gasteiger partial charge is 0.206 e. The van der Waals surface area contributed by atoms with Gasteiger partial charge in [-0.1, -0.05) is 226 Å². The van der Waals surface area contributed by atoms with E-state index in [1.807, 2.05) is 166 Å². The lowest BCUT2D eigenvalue weighted by atomic mass is 9.87. The molecule has 0 aliphatic carbocycles. The molecule has 0 saturated carbocycles. The summed E-state index contributed by atoms with van der Waals surface area (Å²) in [4.78, 5) is 0. The van der Waals surface area contributed by atoms with Crippen molar-refractivity contribution in [3.05, 3.63) is 359 Å². The van der Waals surface area contributed by atoms with E-state index >= 15 is 0 Å². The number of nitrogens with zero attached hydrogens (tertiary/aromatic N) is 4. The molecule has 5 heteroatoms. The minimum absolute atomic E-state index is 0.219. The maximum atomic E-state index is 14.8. The van der Waals surface area contributed by atoms with Crippen molar-refractivity contribution < 1.29 is 29.5 Å². The van der Waals surface area contributed by atoms with E-state index in [0.29, 0.717) is 29.6 Å². The number of fused-ring (bicyclic) bond motifs is 4. The van der Waals surface area contributed by atoms with Gasteiger partial charge in [-0.05, 0) is 201 Å². The van der Waals surface area contributed by atoms with Gasteiger partial charge in [-0.25, -0.2) is 8.96 Å². The molecule has 0 bridgehead atoms. The highest BCUT2D eigenvalue weighted by Gasteiger charge is 2.26. The van der Waals surface area contributed by atoms with Gasteiger partial charge >= 0.3 is 0 Å². The van der Waals surface area contributed by atoms with Crippen LogP contribution in [0, 0.1) is 68.1 Å². The molecule has 0 N–H and O–H groups in total. The van der Waals surface area contributed by atoms with Crippen LogP contribution in [0.25, 0.3) is 133 Å². The summed E-state index contributed by atoms with van der Waals surface area (Å²) in [6.07, 6.45) is 0.231. The van der Waals surface area contributed by atoms with Crippen LogP contribution in [0.4, 0.5) is 4.39 Å². The fourth-order valence-electron chi connectivity index (χ4n) is 15.0. The summed E-state index contributed by atoms with van der Waals surface area (Å²) in [6.45, 7) is 23.3. The third-order valence-corrected chi connectivity index (χ3v) is 20.8.